The Morgan fingerprint density at radius 1 is 1.46 bits per heavy atom. The second-order valence-corrected chi connectivity index (χ2v) is 3.25. The molecule has 0 bridgehead atoms. The van der Waals surface area contributed by atoms with Crippen molar-refractivity contribution in [3.8, 4) is 5.75 Å². The molecule has 1 aliphatic rings. The third-order valence-corrected chi connectivity index (χ3v) is 2.26. The smallest absolute Gasteiger partial charge is 0.156 e. The van der Waals surface area contributed by atoms with Crippen molar-refractivity contribution in [2.75, 3.05) is 25.5 Å². The summed E-state index contributed by atoms with van der Waals surface area (Å²) in [6, 6.07) is 5.98. The van der Waals surface area contributed by atoms with E-state index in [4.69, 9.17) is 4.74 Å². The van der Waals surface area contributed by atoms with Crippen molar-refractivity contribution in [1.29, 1.82) is 0 Å². The van der Waals surface area contributed by atoms with Crippen LogP contribution in [0.2, 0.25) is 0 Å². The zero-order valence-corrected chi connectivity index (χ0v) is 9.10. The summed E-state index contributed by atoms with van der Waals surface area (Å²) in [4.78, 5) is 0. The van der Waals surface area contributed by atoms with Gasteiger partial charge in [-0.25, -0.2) is 0 Å². The van der Waals surface area contributed by atoms with Gasteiger partial charge in [-0.15, -0.1) is 0 Å². The number of halogens is 1. The first kappa shape index (κ1) is 10.3. The van der Waals surface area contributed by atoms with E-state index in [-0.39, 0.29) is 0 Å². The molecule has 4 heteroatoms. The number of ether oxygens (including phenoxy) is 1. The molecule has 1 aromatic rings. The molecule has 0 saturated carbocycles. The first-order valence-electron chi connectivity index (χ1n) is 4.11. The lowest BCUT2D eigenvalue weighted by atomic mass is 10.2. The van der Waals surface area contributed by atoms with Crippen molar-refractivity contribution >= 4 is 21.6 Å². The van der Waals surface area contributed by atoms with E-state index in [2.05, 4.69) is 27.0 Å². The van der Waals surface area contributed by atoms with Crippen LogP contribution in [-0.4, -0.2) is 20.2 Å². The molecule has 0 fully saturated rings. The highest BCUT2D eigenvalue weighted by molar-refractivity contribution is 9.10. The molecule has 1 aliphatic heterocycles. The molecule has 3 N–H and O–H groups in total. The van der Waals surface area contributed by atoms with Gasteiger partial charge in [0.15, 0.2) is 5.75 Å². The van der Waals surface area contributed by atoms with Gasteiger partial charge < -0.3 is 15.8 Å². The van der Waals surface area contributed by atoms with Gasteiger partial charge in [-0.2, -0.15) is 0 Å². The van der Waals surface area contributed by atoms with Crippen LogP contribution in [0.1, 0.15) is 0 Å². The molecule has 0 saturated heterocycles. The van der Waals surface area contributed by atoms with Crippen molar-refractivity contribution in [1.82, 2.24) is 0 Å². The van der Waals surface area contributed by atoms with Gasteiger partial charge in [0.25, 0.3) is 0 Å². The van der Waals surface area contributed by atoms with Crippen LogP contribution in [0.4, 0.5) is 5.69 Å². The fourth-order valence-corrected chi connectivity index (χ4v) is 1.61. The van der Waals surface area contributed by atoms with Gasteiger partial charge in [0.05, 0.1) is 10.2 Å². The summed E-state index contributed by atoms with van der Waals surface area (Å²) < 4.78 is 6.46. The molecule has 0 aromatic heterocycles. The van der Waals surface area contributed by atoms with E-state index in [1.165, 1.54) is 7.05 Å². The van der Waals surface area contributed by atoms with Crippen molar-refractivity contribution in [2.24, 2.45) is 5.73 Å². The van der Waals surface area contributed by atoms with Gasteiger partial charge in [-0.3, -0.25) is 0 Å². The lowest BCUT2D eigenvalue weighted by molar-refractivity contribution is 0.321. The van der Waals surface area contributed by atoms with Gasteiger partial charge in [-0.05, 0) is 35.1 Å². The first-order valence-corrected chi connectivity index (χ1v) is 4.90. The van der Waals surface area contributed by atoms with Crippen molar-refractivity contribution in [3.63, 3.8) is 0 Å². The van der Waals surface area contributed by atoms with Crippen LogP contribution < -0.4 is 15.8 Å². The molecule has 0 radical (unpaired) electrons. The summed E-state index contributed by atoms with van der Waals surface area (Å²) in [5.74, 6) is 0.929. The average molecular weight is 245 g/mol. The second kappa shape index (κ2) is 5.09. The van der Waals surface area contributed by atoms with Crippen LogP contribution in [0, 0.1) is 0 Å². The summed E-state index contributed by atoms with van der Waals surface area (Å²) in [6.45, 7) is 1.64. The minimum atomic E-state index is 0.746. The molecule has 0 spiro atoms. The maximum Gasteiger partial charge on any atom is 0.156 e. The maximum absolute atomic E-state index is 5.44. The Morgan fingerprint density at radius 2 is 2.23 bits per heavy atom. The van der Waals surface area contributed by atoms with Gasteiger partial charge in [0.1, 0.15) is 6.61 Å². The number of hydrogen-bond acceptors (Lipinski definition) is 3. The molecule has 0 atom stereocenters. The number of hydrogen-bond donors (Lipinski definition) is 2. The SMILES string of the molecule is Brc1cccc2c1OCCN2.CN. The van der Waals surface area contributed by atoms with Gasteiger partial charge in [0, 0.05) is 6.54 Å². The molecule has 1 heterocycles. The Kier molecular flexibility index (Phi) is 4.05. The number of nitrogens with one attached hydrogen (secondary N) is 1. The fourth-order valence-electron chi connectivity index (χ4n) is 1.13. The van der Waals surface area contributed by atoms with E-state index >= 15 is 0 Å². The summed E-state index contributed by atoms with van der Waals surface area (Å²) >= 11 is 3.42. The van der Waals surface area contributed by atoms with Crippen LogP contribution in [0.15, 0.2) is 22.7 Å². The Bertz CT molecular complexity index is 278. The van der Waals surface area contributed by atoms with Crippen LogP contribution >= 0.6 is 15.9 Å². The van der Waals surface area contributed by atoms with Crippen molar-refractivity contribution in [3.05, 3.63) is 22.7 Å². The minimum absolute atomic E-state index is 0.746. The molecule has 0 unspecified atom stereocenters. The summed E-state index contributed by atoms with van der Waals surface area (Å²) in [7, 11) is 1.50. The molecule has 3 nitrogen and oxygen atoms in total. The molecule has 72 valence electrons. The predicted molar refractivity (Wildman–Crippen MR) is 58.2 cm³/mol. The Hall–Kier alpha value is -0.740. The van der Waals surface area contributed by atoms with Crippen LogP contribution in [-0.2, 0) is 0 Å². The average Bonchev–Trinajstić information content (AvgIpc) is 2.22. The van der Waals surface area contributed by atoms with Crippen LogP contribution in [0.3, 0.4) is 0 Å². The summed E-state index contributed by atoms with van der Waals surface area (Å²) in [5, 5.41) is 3.25. The number of fused-ring (bicyclic) bond motifs is 1. The Balaban J connectivity index is 0.000000396. The molecule has 1 aromatic carbocycles. The Morgan fingerprint density at radius 3 is 2.92 bits per heavy atom. The quantitative estimate of drug-likeness (QED) is 0.733. The van der Waals surface area contributed by atoms with Gasteiger partial charge in [0.2, 0.25) is 0 Å². The topological polar surface area (TPSA) is 47.3 Å². The first-order chi connectivity index (χ1) is 6.38. The molecule has 2 rings (SSSR count). The number of benzene rings is 1. The molecular formula is C9H13BrN2O. The maximum atomic E-state index is 5.44. The second-order valence-electron chi connectivity index (χ2n) is 2.39. The number of para-hydroxylation sites is 1. The number of nitrogens with two attached hydrogens (primary N) is 1. The van der Waals surface area contributed by atoms with Crippen LogP contribution in [0.25, 0.3) is 0 Å². The minimum Gasteiger partial charge on any atom is -0.488 e. The predicted octanol–water partition coefficient (Wildman–Crippen LogP) is 1.83. The summed E-state index contributed by atoms with van der Waals surface area (Å²) in [6.07, 6.45) is 0. The number of rotatable bonds is 0. The zero-order chi connectivity index (χ0) is 9.68. The van der Waals surface area contributed by atoms with E-state index in [0.29, 0.717) is 0 Å². The third kappa shape index (κ3) is 2.35. The Labute approximate surface area is 86.4 Å². The molecule has 13 heavy (non-hydrogen) atoms. The fraction of sp³-hybridized carbons (Fsp3) is 0.333. The van der Waals surface area contributed by atoms with E-state index < -0.39 is 0 Å². The standard InChI is InChI=1S/C8H8BrNO.CH5N/c9-6-2-1-3-7-8(6)11-5-4-10-7;1-2/h1-3,10H,4-5H2;2H2,1H3. The number of anilines is 1. The van der Waals surface area contributed by atoms with Gasteiger partial charge in [-0.1, -0.05) is 6.07 Å². The zero-order valence-electron chi connectivity index (χ0n) is 7.51. The molecular weight excluding hydrogens is 232 g/mol. The van der Waals surface area contributed by atoms with Gasteiger partial charge >= 0.3 is 0 Å². The summed E-state index contributed by atoms with van der Waals surface area (Å²) in [5.41, 5.74) is 5.57. The lowest BCUT2D eigenvalue weighted by Gasteiger charge is -2.19. The monoisotopic (exact) mass is 244 g/mol. The van der Waals surface area contributed by atoms with Crippen molar-refractivity contribution in [2.45, 2.75) is 0 Å². The molecule has 0 aliphatic carbocycles. The lowest BCUT2D eigenvalue weighted by Crippen LogP contribution is -2.18. The molecule has 0 amide bonds. The largest absolute Gasteiger partial charge is 0.488 e. The van der Waals surface area contributed by atoms with E-state index in [1.807, 2.05) is 18.2 Å². The highest BCUT2D eigenvalue weighted by Gasteiger charge is 2.10. The highest BCUT2D eigenvalue weighted by atomic mass is 79.9. The normalized spacial score (nSPS) is 12.8. The van der Waals surface area contributed by atoms with E-state index in [0.717, 1.165) is 29.1 Å². The van der Waals surface area contributed by atoms with Crippen LogP contribution in [0.5, 0.6) is 5.75 Å². The third-order valence-electron chi connectivity index (χ3n) is 1.63. The van der Waals surface area contributed by atoms with E-state index in [9.17, 15) is 0 Å². The van der Waals surface area contributed by atoms with Crippen molar-refractivity contribution < 1.29 is 4.74 Å². The van der Waals surface area contributed by atoms with E-state index in [1.54, 1.807) is 0 Å². The highest BCUT2D eigenvalue weighted by Crippen LogP contribution is 2.34.